The van der Waals surface area contributed by atoms with E-state index >= 15 is 4.39 Å². The first-order valence-electron chi connectivity index (χ1n) is 14.3. The van der Waals surface area contributed by atoms with Crippen molar-refractivity contribution in [2.75, 3.05) is 19.8 Å². The molecule has 0 aliphatic heterocycles. The van der Waals surface area contributed by atoms with Crippen LogP contribution in [0.2, 0.25) is 36.3 Å². The van der Waals surface area contributed by atoms with E-state index in [9.17, 15) is 0 Å². The van der Waals surface area contributed by atoms with Crippen LogP contribution >= 0.6 is 0 Å². The number of hydrogen-bond acceptors (Lipinski definition) is 3. The molecule has 0 N–H and O–H groups in total. The van der Waals surface area contributed by atoms with Gasteiger partial charge in [0, 0.05) is 5.56 Å². The quantitative estimate of drug-likeness (QED) is 0.168. The van der Waals surface area contributed by atoms with Gasteiger partial charge in [-0.05, 0) is 72.5 Å². The lowest BCUT2D eigenvalue weighted by molar-refractivity contribution is 0.198. The van der Waals surface area contributed by atoms with Crippen molar-refractivity contribution in [1.29, 1.82) is 0 Å². The molecule has 0 aliphatic rings. The van der Waals surface area contributed by atoms with Gasteiger partial charge < -0.3 is 13.6 Å². The Bertz CT molecular complexity index is 1250. The summed E-state index contributed by atoms with van der Waals surface area (Å²) in [5.74, 6) is 11.9. The smallest absolute Gasteiger partial charge is 0.193 e. The Labute approximate surface area is 245 Å². The van der Waals surface area contributed by atoms with Gasteiger partial charge in [0.25, 0.3) is 0 Å². The second kappa shape index (κ2) is 14.0. The van der Waals surface area contributed by atoms with Crippen molar-refractivity contribution >= 4 is 16.6 Å². The van der Waals surface area contributed by atoms with E-state index in [4.69, 9.17) is 13.6 Å². The van der Waals surface area contributed by atoms with Gasteiger partial charge in [-0.2, -0.15) is 0 Å². The van der Waals surface area contributed by atoms with Gasteiger partial charge in [0.2, 0.25) is 0 Å². The molecule has 0 fully saturated rings. The molecule has 2 rings (SSSR count). The lowest BCUT2D eigenvalue weighted by Gasteiger charge is -2.36. The summed E-state index contributed by atoms with van der Waals surface area (Å²) >= 11 is 0. The average Bonchev–Trinajstić information content (AvgIpc) is 2.84. The molecule has 0 bridgehead atoms. The Hall–Kier alpha value is -2.36. The van der Waals surface area contributed by atoms with Gasteiger partial charge in [-0.25, -0.2) is 4.39 Å². The molecule has 218 valence electrons. The Morgan fingerprint density at radius 3 is 1.88 bits per heavy atom. The zero-order valence-corrected chi connectivity index (χ0v) is 28.6. The lowest BCUT2D eigenvalue weighted by atomic mass is 10.1. The van der Waals surface area contributed by atoms with Crippen molar-refractivity contribution in [2.45, 2.75) is 97.6 Å². The van der Waals surface area contributed by atoms with Crippen LogP contribution in [0.1, 0.15) is 77.1 Å². The maximum absolute atomic E-state index is 15.7. The van der Waals surface area contributed by atoms with Crippen LogP contribution < -0.4 is 4.74 Å². The van der Waals surface area contributed by atoms with E-state index < -0.39 is 22.5 Å². The third-order valence-electron chi connectivity index (χ3n) is 8.06. The van der Waals surface area contributed by atoms with Gasteiger partial charge in [0.05, 0.1) is 24.3 Å². The predicted molar refractivity (Wildman–Crippen MR) is 171 cm³/mol. The first kappa shape index (κ1) is 33.8. The summed E-state index contributed by atoms with van der Waals surface area (Å²) in [6, 6.07) is 11.6. The molecular weight excluding hydrogens is 532 g/mol. The number of halogens is 1. The molecule has 0 heterocycles. The molecule has 40 heavy (non-hydrogen) atoms. The lowest BCUT2D eigenvalue weighted by Crippen LogP contribution is -2.41. The number of ether oxygens (including phenoxy) is 1. The Kier molecular flexibility index (Phi) is 11.9. The van der Waals surface area contributed by atoms with Crippen LogP contribution in [0.25, 0.3) is 0 Å². The summed E-state index contributed by atoms with van der Waals surface area (Å²) in [7, 11) is -3.87. The third kappa shape index (κ3) is 9.63. The monoisotopic (exact) mass is 580 g/mol. The highest BCUT2D eigenvalue weighted by molar-refractivity contribution is 6.74. The largest absolute Gasteiger partial charge is 0.487 e. The maximum atomic E-state index is 15.7. The fraction of sp³-hybridized carbons (Fsp3) is 0.529. The van der Waals surface area contributed by atoms with Gasteiger partial charge in [-0.15, -0.1) is 0 Å². The highest BCUT2D eigenvalue weighted by atomic mass is 28.4. The Morgan fingerprint density at radius 1 is 0.725 bits per heavy atom. The SMILES string of the molecule is CCCc1ccc(C#Cc2ccc(C#CCO[Si](C)(C)C(C)(C)C)c(F)c2OCCO[Si](C)(C)C(C)(C)C)cc1. The molecule has 0 amide bonds. The minimum absolute atomic E-state index is 0.0869. The van der Waals surface area contributed by atoms with E-state index in [-0.39, 0.29) is 34.6 Å². The van der Waals surface area contributed by atoms with E-state index in [1.165, 1.54) is 5.56 Å². The van der Waals surface area contributed by atoms with Crippen LogP contribution in [0.5, 0.6) is 5.75 Å². The molecule has 0 spiro atoms. The first-order chi connectivity index (χ1) is 18.5. The summed E-state index contributed by atoms with van der Waals surface area (Å²) in [4.78, 5) is 0. The molecule has 0 saturated heterocycles. The molecule has 0 atom stereocenters. The summed E-state index contributed by atoms with van der Waals surface area (Å²) in [5, 5.41) is 0.174. The number of aryl methyl sites for hydroxylation is 1. The zero-order valence-electron chi connectivity index (χ0n) is 26.6. The molecule has 0 radical (unpaired) electrons. The standard InChI is InChI=1S/C34H49FO3Si2/c1-12-14-27-16-18-28(19-17-27)20-21-30-23-22-29(15-13-24-37-39(8,9)33(2,3)4)31(35)32(30)36-25-26-38-40(10,11)34(5,6)7/h16-19,22-23H,12,14,24-26H2,1-11H3. The second-order valence-corrected chi connectivity index (χ2v) is 22.9. The maximum Gasteiger partial charge on any atom is 0.193 e. The molecule has 6 heteroatoms. The third-order valence-corrected chi connectivity index (χ3v) is 17.1. The van der Waals surface area contributed by atoms with Crippen molar-refractivity contribution in [1.82, 2.24) is 0 Å². The fourth-order valence-electron chi connectivity index (χ4n) is 3.30. The average molecular weight is 581 g/mol. The number of rotatable bonds is 9. The van der Waals surface area contributed by atoms with Crippen LogP contribution in [-0.2, 0) is 15.3 Å². The molecule has 2 aromatic rings. The minimum atomic E-state index is -1.94. The predicted octanol–water partition coefficient (Wildman–Crippen LogP) is 8.95. The van der Waals surface area contributed by atoms with Crippen molar-refractivity contribution < 1.29 is 18.0 Å². The van der Waals surface area contributed by atoms with Crippen LogP contribution in [-0.4, -0.2) is 36.5 Å². The minimum Gasteiger partial charge on any atom is -0.487 e. The van der Waals surface area contributed by atoms with E-state index in [0.717, 1.165) is 18.4 Å². The van der Waals surface area contributed by atoms with Crippen molar-refractivity contribution in [3.05, 3.63) is 64.5 Å². The highest BCUT2D eigenvalue weighted by Gasteiger charge is 2.37. The van der Waals surface area contributed by atoms with E-state index in [1.807, 2.05) is 12.1 Å². The van der Waals surface area contributed by atoms with Crippen molar-refractivity contribution in [2.24, 2.45) is 0 Å². The van der Waals surface area contributed by atoms with E-state index in [2.05, 4.69) is 110 Å². The summed E-state index contributed by atoms with van der Waals surface area (Å²) in [5.41, 5.74) is 2.92. The van der Waals surface area contributed by atoms with Crippen LogP contribution in [0, 0.1) is 29.5 Å². The van der Waals surface area contributed by atoms with E-state index in [1.54, 1.807) is 12.1 Å². The van der Waals surface area contributed by atoms with Crippen LogP contribution in [0.15, 0.2) is 36.4 Å². The summed E-state index contributed by atoms with van der Waals surface area (Å²) < 4.78 is 34.1. The molecule has 0 unspecified atom stereocenters. The van der Waals surface area contributed by atoms with Crippen molar-refractivity contribution in [3.8, 4) is 29.4 Å². The first-order valence-corrected chi connectivity index (χ1v) is 20.1. The molecule has 3 nitrogen and oxygen atoms in total. The summed E-state index contributed by atoms with van der Waals surface area (Å²) in [6.07, 6.45) is 2.14. The van der Waals surface area contributed by atoms with Gasteiger partial charge in [0.15, 0.2) is 28.2 Å². The van der Waals surface area contributed by atoms with Gasteiger partial charge >= 0.3 is 0 Å². The molecular formula is C34H49FO3Si2. The number of hydrogen-bond donors (Lipinski definition) is 0. The Balaban J connectivity index is 2.30. The van der Waals surface area contributed by atoms with Gasteiger partial charge in [-0.1, -0.05) is 90.7 Å². The molecule has 0 saturated carbocycles. The topological polar surface area (TPSA) is 27.7 Å². The van der Waals surface area contributed by atoms with Gasteiger partial charge in [-0.3, -0.25) is 0 Å². The summed E-state index contributed by atoms with van der Waals surface area (Å²) in [6.45, 7) is 24.9. The van der Waals surface area contributed by atoms with Crippen molar-refractivity contribution in [3.63, 3.8) is 0 Å². The highest BCUT2D eigenvalue weighted by Crippen LogP contribution is 2.37. The van der Waals surface area contributed by atoms with Crippen LogP contribution in [0.4, 0.5) is 4.39 Å². The zero-order chi connectivity index (χ0) is 30.2. The van der Waals surface area contributed by atoms with Gasteiger partial charge in [0.1, 0.15) is 6.61 Å². The molecule has 2 aromatic carbocycles. The fourth-order valence-corrected chi connectivity index (χ4v) is 5.19. The van der Waals surface area contributed by atoms with E-state index in [0.29, 0.717) is 12.2 Å². The van der Waals surface area contributed by atoms with Crippen LogP contribution in [0.3, 0.4) is 0 Å². The second-order valence-electron chi connectivity index (χ2n) is 13.3. The number of benzene rings is 2. The molecule has 0 aromatic heterocycles. The Morgan fingerprint density at radius 2 is 1.30 bits per heavy atom. The normalized spacial score (nSPS) is 12.3. The molecule has 0 aliphatic carbocycles.